The van der Waals surface area contributed by atoms with Crippen LogP contribution in [0.1, 0.15) is 0 Å². The number of imidazole rings is 1. The number of hydrogen-bond donors (Lipinski definition) is 1. The number of amides is 1. The largest absolute Gasteiger partial charge is 0.497 e. The molecule has 6 heteroatoms. The number of methoxy groups -OCH3 is 1. The summed E-state index contributed by atoms with van der Waals surface area (Å²) in [5, 5.41) is 0. The van der Waals surface area contributed by atoms with Crippen molar-refractivity contribution in [3.05, 3.63) is 48.5 Å². The van der Waals surface area contributed by atoms with Crippen LogP contribution in [0.3, 0.4) is 0 Å². The van der Waals surface area contributed by atoms with Crippen molar-refractivity contribution in [3.8, 4) is 17.1 Å². The number of fused-ring (bicyclic) bond motifs is 1. The van der Waals surface area contributed by atoms with Gasteiger partial charge in [0.25, 0.3) is 5.91 Å². The maximum atomic E-state index is 11.0. The van der Waals surface area contributed by atoms with Gasteiger partial charge in [-0.15, -0.1) is 0 Å². The monoisotopic (exact) mass is 297 g/mol. The van der Waals surface area contributed by atoms with Crippen LogP contribution in [-0.2, 0) is 4.79 Å². The number of aromatic nitrogens is 2. The van der Waals surface area contributed by atoms with Crippen LogP contribution in [0.4, 0.5) is 0 Å². The average Bonchev–Trinajstić information content (AvgIpc) is 2.91. The lowest BCUT2D eigenvalue weighted by molar-refractivity contribution is -0.122. The molecule has 0 aliphatic carbocycles. The van der Waals surface area contributed by atoms with Gasteiger partial charge in [-0.2, -0.15) is 4.73 Å². The molecule has 1 aromatic heterocycles. The molecule has 0 saturated heterocycles. The number of benzene rings is 2. The first kappa shape index (κ1) is 13.9. The zero-order valence-electron chi connectivity index (χ0n) is 12.0. The van der Waals surface area contributed by atoms with E-state index in [1.165, 1.54) is 4.73 Å². The molecule has 0 bridgehead atoms. The molecule has 2 N–H and O–H groups in total. The first-order chi connectivity index (χ1) is 10.7. The lowest BCUT2D eigenvalue weighted by Gasteiger charge is -2.10. The van der Waals surface area contributed by atoms with Crippen LogP contribution in [0.15, 0.2) is 48.5 Å². The predicted molar refractivity (Wildman–Crippen MR) is 82.4 cm³/mol. The van der Waals surface area contributed by atoms with Gasteiger partial charge in [0.05, 0.1) is 12.6 Å². The van der Waals surface area contributed by atoms with Gasteiger partial charge < -0.3 is 15.3 Å². The van der Waals surface area contributed by atoms with Gasteiger partial charge in [-0.05, 0) is 12.1 Å². The van der Waals surface area contributed by atoms with Crippen molar-refractivity contribution in [1.82, 2.24) is 9.71 Å². The van der Waals surface area contributed by atoms with Crippen molar-refractivity contribution in [2.75, 3.05) is 13.7 Å². The molecule has 3 aromatic rings. The molecular weight excluding hydrogens is 282 g/mol. The second-order valence-corrected chi connectivity index (χ2v) is 4.69. The highest BCUT2D eigenvalue weighted by Crippen LogP contribution is 2.26. The quantitative estimate of drug-likeness (QED) is 0.776. The number of ether oxygens (including phenoxy) is 1. The fourth-order valence-corrected chi connectivity index (χ4v) is 2.19. The molecule has 0 saturated carbocycles. The number of hydrogen-bond acceptors (Lipinski definition) is 4. The normalized spacial score (nSPS) is 10.6. The molecule has 0 unspecified atom stereocenters. The van der Waals surface area contributed by atoms with E-state index in [2.05, 4.69) is 4.98 Å². The summed E-state index contributed by atoms with van der Waals surface area (Å²) in [6.07, 6.45) is 0. The van der Waals surface area contributed by atoms with Crippen molar-refractivity contribution >= 4 is 16.9 Å². The Balaban J connectivity index is 2.17. The third-order valence-corrected chi connectivity index (χ3v) is 3.19. The summed E-state index contributed by atoms with van der Waals surface area (Å²) >= 11 is 0. The van der Waals surface area contributed by atoms with E-state index in [1.54, 1.807) is 13.2 Å². The summed E-state index contributed by atoms with van der Waals surface area (Å²) < 4.78 is 6.74. The zero-order chi connectivity index (χ0) is 15.5. The minimum Gasteiger partial charge on any atom is -0.497 e. The minimum absolute atomic E-state index is 0.234. The van der Waals surface area contributed by atoms with Gasteiger partial charge in [0.2, 0.25) is 0 Å². The molecule has 0 radical (unpaired) electrons. The van der Waals surface area contributed by atoms with Gasteiger partial charge in [0.1, 0.15) is 11.3 Å². The van der Waals surface area contributed by atoms with Gasteiger partial charge in [0.15, 0.2) is 12.4 Å². The second-order valence-electron chi connectivity index (χ2n) is 4.69. The SMILES string of the molecule is COc1ccc2nc(-c3ccccc3)n(OCC(N)=O)c2c1. The maximum absolute atomic E-state index is 11.0. The standard InChI is InChI=1S/C16H15N3O3/c1-21-12-7-8-13-14(9-12)19(22-10-15(17)20)16(18-13)11-5-3-2-4-6-11/h2-9H,10H2,1H3,(H2,17,20). The summed E-state index contributed by atoms with van der Waals surface area (Å²) in [4.78, 5) is 21.1. The number of carbonyl (C=O) groups excluding carboxylic acids is 1. The Morgan fingerprint density at radius 3 is 2.68 bits per heavy atom. The second kappa shape index (κ2) is 5.77. The third-order valence-electron chi connectivity index (χ3n) is 3.19. The Labute approximate surface area is 127 Å². The molecule has 0 fully saturated rings. The van der Waals surface area contributed by atoms with E-state index in [1.807, 2.05) is 42.5 Å². The molecule has 22 heavy (non-hydrogen) atoms. The Bertz CT molecular complexity index is 812. The summed E-state index contributed by atoms with van der Waals surface area (Å²) in [5.41, 5.74) is 7.50. The number of nitrogens with two attached hydrogens (primary N) is 1. The van der Waals surface area contributed by atoms with E-state index in [-0.39, 0.29) is 6.61 Å². The van der Waals surface area contributed by atoms with E-state index in [0.717, 1.165) is 11.1 Å². The summed E-state index contributed by atoms with van der Waals surface area (Å²) in [6, 6.07) is 15.0. The van der Waals surface area contributed by atoms with Crippen molar-refractivity contribution in [1.29, 1.82) is 0 Å². The van der Waals surface area contributed by atoms with Crippen molar-refractivity contribution in [2.24, 2.45) is 5.73 Å². The number of nitrogens with zero attached hydrogens (tertiary/aromatic N) is 2. The van der Waals surface area contributed by atoms with Crippen LogP contribution in [0.5, 0.6) is 5.75 Å². The van der Waals surface area contributed by atoms with Crippen LogP contribution in [0.25, 0.3) is 22.4 Å². The van der Waals surface area contributed by atoms with Crippen molar-refractivity contribution < 1.29 is 14.4 Å². The summed E-state index contributed by atoms with van der Waals surface area (Å²) in [6.45, 7) is -0.234. The lowest BCUT2D eigenvalue weighted by atomic mass is 10.2. The first-order valence-corrected chi connectivity index (χ1v) is 6.72. The maximum Gasteiger partial charge on any atom is 0.258 e. The van der Waals surface area contributed by atoms with E-state index in [0.29, 0.717) is 17.1 Å². The van der Waals surface area contributed by atoms with Crippen LogP contribution < -0.4 is 15.3 Å². The highest BCUT2D eigenvalue weighted by molar-refractivity contribution is 5.82. The molecule has 0 atom stereocenters. The third kappa shape index (κ3) is 2.58. The topological polar surface area (TPSA) is 79.4 Å². The zero-order valence-corrected chi connectivity index (χ0v) is 12.0. The van der Waals surface area contributed by atoms with Crippen molar-refractivity contribution in [2.45, 2.75) is 0 Å². The van der Waals surface area contributed by atoms with Gasteiger partial charge in [-0.1, -0.05) is 30.3 Å². The van der Waals surface area contributed by atoms with E-state index in [9.17, 15) is 4.79 Å². The summed E-state index contributed by atoms with van der Waals surface area (Å²) in [5.74, 6) is 0.727. The van der Waals surface area contributed by atoms with Gasteiger partial charge in [-0.3, -0.25) is 4.79 Å². The van der Waals surface area contributed by atoms with Crippen LogP contribution >= 0.6 is 0 Å². The molecule has 1 amide bonds. The molecule has 2 aromatic carbocycles. The minimum atomic E-state index is -0.552. The Morgan fingerprint density at radius 1 is 1.23 bits per heavy atom. The van der Waals surface area contributed by atoms with E-state index >= 15 is 0 Å². The fraction of sp³-hybridized carbons (Fsp3) is 0.125. The highest BCUT2D eigenvalue weighted by atomic mass is 16.7. The fourth-order valence-electron chi connectivity index (χ4n) is 2.19. The molecule has 1 heterocycles. The van der Waals surface area contributed by atoms with Crippen LogP contribution in [-0.4, -0.2) is 29.3 Å². The highest BCUT2D eigenvalue weighted by Gasteiger charge is 2.15. The van der Waals surface area contributed by atoms with Gasteiger partial charge >= 0.3 is 0 Å². The van der Waals surface area contributed by atoms with E-state index in [4.69, 9.17) is 15.3 Å². The average molecular weight is 297 g/mol. The molecule has 3 rings (SSSR count). The Morgan fingerprint density at radius 2 is 2.00 bits per heavy atom. The molecule has 0 aliphatic heterocycles. The molecule has 0 aliphatic rings. The molecule has 112 valence electrons. The number of primary amides is 1. The lowest BCUT2D eigenvalue weighted by Crippen LogP contribution is -2.26. The molecule has 0 spiro atoms. The number of carbonyl (C=O) groups is 1. The van der Waals surface area contributed by atoms with Gasteiger partial charge in [-0.25, -0.2) is 4.98 Å². The van der Waals surface area contributed by atoms with E-state index < -0.39 is 5.91 Å². The summed E-state index contributed by atoms with van der Waals surface area (Å²) in [7, 11) is 1.59. The van der Waals surface area contributed by atoms with Gasteiger partial charge in [0, 0.05) is 11.6 Å². The Hall–Kier alpha value is -3.02. The Kier molecular flexibility index (Phi) is 3.65. The molecule has 6 nitrogen and oxygen atoms in total. The van der Waals surface area contributed by atoms with Crippen molar-refractivity contribution in [3.63, 3.8) is 0 Å². The van der Waals surface area contributed by atoms with Crippen LogP contribution in [0, 0.1) is 0 Å². The predicted octanol–water partition coefficient (Wildman–Crippen LogP) is 1.63. The molecular formula is C16H15N3O3. The number of rotatable bonds is 5. The smallest absolute Gasteiger partial charge is 0.258 e. The van der Waals surface area contributed by atoms with Crippen LogP contribution in [0.2, 0.25) is 0 Å². The first-order valence-electron chi connectivity index (χ1n) is 6.72.